The molecule has 11 heteroatoms. The molecular formula is C27H27N5O5S. The van der Waals surface area contributed by atoms with Crippen molar-refractivity contribution in [3.8, 4) is 0 Å². The van der Waals surface area contributed by atoms with Gasteiger partial charge in [0.25, 0.3) is 10.0 Å². The summed E-state index contributed by atoms with van der Waals surface area (Å²) < 4.78 is 27.6. The van der Waals surface area contributed by atoms with Crippen LogP contribution in [0.4, 0.5) is 11.6 Å². The minimum atomic E-state index is -3.94. The fourth-order valence-electron chi connectivity index (χ4n) is 5.11. The highest BCUT2D eigenvalue weighted by molar-refractivity contribution is 7.92. The lowest BCUT2D eigenvalue weighted by Gasteiger charge is -2.26. The lowest BCUT2D eigenvalue weighted by Crippen LogP contribution is -2.49. The van der Waals surface area contributed by atoms with Crippen LogP contribution < -0.4 is 10.0 Å². The van der Waals surface area contributed by atoms with Gasteiger partial charge in [0.1, 0.15) is 6.04 Å². The number of likely N-dealkylation sites (tertiary alicyclic amines) is 1. The van der Waals surface area contributed by atoms with E-state index in [1.54, 1.807) is 6.07 Å². The zero-order chi connectivity index (χ0) is 26.7. The number of benzene rings is 2. The van der Waals surface area contributed by atoms with Crippen LogP contribution in [0, 0.1) is 11.8 Å². The topological polar surface area (TPSA) is 138 Å². The van der Waals surface area contributed by atoms with Gasteiger partial charge in [0.15, 0.2) is 0 Å². The molecule has 2 heterocycles. The largest absolute Gasteiger partial charge is 0.324 e. The van der Waals surface area contributed by atoms with Crippen molar-refractivity contribution >= 4 is 39.4 Å². The zero-order valence-electron chi connectivity index (χ0n) is 20.5. The molecule has 10 nitrogen and oxygen atoms in total. The first-order valence-corrected chi connectivity index (χ1v) is 13.9. The number of amides is 3. The molecule has 2 N–H and O–H groups in total. The second-order valence-corrected chi connectivity index (χ2v) is 11.1. The molecule has 0 spiro atoms. The van der Waals surface area contributed by atoms with Crippen LogP contribution in [0.1, 0.15) is 31.2 Å². The van der Waals surface area contributed by atoms with Crippen LogP contribution >= 0.6 is 0 Å². The predicted molar refractivity (Wildman–Crippen MR) is 139 cm³/mol. The van der Waals surface area contributed by atoms with E-state index >= 15 is 0 Å². The van der Waals surface area contributed by atoms with E-state index in [4.69, 9.17) is 0 Å². The minimum Gasteiger partial charge on any atom is -0.324 e. The van der Waals surface area contributed by atoms with E-state index < -0.39 is 22.0 Å². The molecule has 2 aromatic carbocycles. The molecule has 1 aliphatic carbocycles. The highest BCUT2D eigenvalue weighted by Gasteiger charge is 2.51. The van der Waals surface area contributed by atoms with E-state index in [0.29, 0.717) is 18.5 Å². The van der Waals surface area contributed by atoms with Crippen molar-refractivity contribution in [2.45, 2.75) is 43.0 Å². The number of rotatable bonds is 8. The van der Waals surface area contributed by atoms with Crippen molar-refractivity contribution in [2.75, 3.05) is 10.0 Å². The molecule has 5 rings (SSSR count). The van der Waals surface area contributed by atoms with E-state index in [1.807, 2.05) is 30.3 Å². The number of imide groups is 1. The average Bonchev–Trinajstić information content (AvgIpc) is 3.18. The fraction of sp³-hybridized carbons (Fsp3) is 0.296. The number of sulfonamides is 1. The molecule has 3 atom stereocenters. The number of aromatic nitrogens is 2. The molecule has 2 fully saturated rings. The van der Waals surface area contributed by atoms with Gasteiger partial charge >= 0.3 is 0 Å². The van der Waals surface area contributed by atoms with Crippen molar-refractivity contribution in [1.29, 1.82) is 0 Å². The number of anilines is 2. The lowest BCUT2D eigenvalue weighted by molar-refractivity contribution is -0.146. The predicted octanol–water partition coefficient (Wildman–Crippen LogP) is 3.00. The molecule has 2 aliphatic rings. The number of fused-ring (bicyclic) bond motifs is 1. The van der Waals surface area contributed by atoms with E-state index in [2.05, 4.69) is 20.0 Å². The molecule has 196 valence electrons. The second-order valence-electron chi connectivity index (χ2n) is 9.44. The van der Waals surface area contributed by atoms with Crippen LogP contribution in [-0.2, 0) is 30.8 Å². The first-order chi connectivity index (χ1) is 18.3. The van der Waals surface area contributed by atoms with Gasteiger partial charge in [-0.25, -0.2) is 23.1 Å². The summed E-state index contributed by atoms with van der Waals surface area (Å²) >= 11 is 0. The smallest absolute Gasteiger partial charge is 0.264 e. The molecule has 0 radical (unpaired) electrons. The Morgan fingerprint density at radius 2 is 1.50 bits per heavy atom. The van der Waals surface area contributed by atoms with Gasteiger partial charge in [-0.1, -0.05) is 43.2 Å². The van der Waals surface area contributed by atoms with Gasteiger partial charge in [-0.2, -0.15) is 0 Å². The highest BCUT2D eigenvalue weighted by Crippen LogP contribution is 2.39. The Bertz CT molecular complexity index is 1410. The summed E-state index contributed by atoms with van der Waals surface area (Å²) in [6.07, 6.45) is 6.11. The van der Waals surface area contributed by atoms with Crippen LogP contribution in [0.5, 0.6) is 0 Å². The maximum absolute atomic E-state index is 13.5. The molecule has 0 bridgehead atoms. The summed E-state index contributed by atoms with van der Waals surface area (Å²) in [5, 5.41) is 2.76. The maximum atomic E-state index is 13.5. The molecule has 38 heavy (non-hydrogen) atoms. The van der Waals surface area contributed by atoms with Crippen LogP contribution in [0.15, 0.2) is 78.0 Å². The summed E-state index contributed by atoms with van der Waals surface area (Å²) in [6.45, 7) is 0. The molecule has 1 aliphatic heterocycles. The van der Waals surface area contributed by atoms with E-state index in [-0.39, 0.29) is 40.9 Å². The zero-order valence-corrected chi connectivity index (χ0v) is 21.3. The summed E-state index contributed by atoms with van der Waals surface area (Å²) in [6, 6.07) is 15.4. The Morgan fingerprint density at radius 3 is 2.11 bits per heavy atom. The van der Waals surface area contributed by atoms with Gasteiger partial charge in [0, 0.05) is 24.5 Å². The number of hydrogen-bond acceptors (Lipinski definition) is 7. The first-order valence-electron chi connectivity index (χ1n) is 12.4. The molecule has 3 amide bonds. The molecule has 1 aromatic heterocycles. The normalized spacial score (nSPS) is 20.1. The Balaban J connectivity index is 1.36. The fourth-order valence-corrected chi connectivity index (χ4v) is 6.07. The Hall–Kier alpha value is -4.12. The molecule has 3 aromatic rings. The van der Waals surface area contributed by atoms with Crippen LogP contribution in [0.25, 0.3) is 0 Å². The standard InChI is InChI=1S/C27H27N5O5S/c33-24(30-19-11-13-20(14-12-19)38(36,37)31-27-28-15-6-16-29-27)23(17-18-7-2-1-3-8-18)32-25(34)21-9-4-5-10-22(21)26(32)35/h1-3,6-8,11-16,21-23H,4-5,9-10,17H2,(H,30,33)(H,28,29,31)/t21-,22+,23-/m0/s1. The van der Waals surface area contributed by atoms with Crippen LogP contribution in [0.2, 0.25) is 0 Å². The Kier molecular flexibility index (Phi) is 7.19. The third-order valence-corrected chi connectivity index (χ3v) is 8.33. The van der Waals surface area contributed by atoms with E-state index in [1.165, 1.54) is 36.7 Å². The van der Waals surface area contributed by atoms with Crippen LogP contribution in [0.3, 0.4) is 0 Å². The number of carbonyl (C=O) groups excluding carboxylic acids is 3. The number of carbonyl (C=O) groups is 3. The quantitative estimate of drug-likeness (QED) is 0.425. The first kappa shape index (κ1) is 25.5. The molecule has 1 saturated carbocycles. The van der Waals surface area contributed by atoms with Gasteiger partial charge in [-0.15, -0.1) is 0 Å². The molecule has 1 saturated heterocycles. The third kappa shape index (κ3) is 5.28. The average molecular weight is 534 g/mol. The van der Waals surface area contributed by atoms with Crippen molar-refractivity contribution < 1.29 is 22.8 Å². The van der Waals surface area contributed by atoms with Crippen molar-refractivity contribution in [3.63, 3.8) is 0 Å². The third-order valence-electron chi connectivity index (χ3n) is 6.98. The van der Waals surface area contributed by atoms with Gasteiger partial charge in [0.2, 0.25) is 23.7 Å². The van der Waals surface area contributed by atoms with Gasteiger partial charge in [-0.3, -0.25) is 19.3 Å². The molecule has 0 unspecified atom stereocenters. The van der Waals surface area contributed by atoms with Crippen molar-refractivity contribution in [3.05, 3.63) is 78.6 Å². The second kappa shape index (κ2) is 10.7. The monoisotopic (exact) mass is 533 g/mol. The van der Waals surface area contributed by atoms with E-state index in [9.17, 15) is 22.8 Å². The number of nitrogens with one attached hydrogen (secondary N) is 2. The summed E-state index contributed by atoms with van der Waals surface area (Å²) in [5.41, 5.74) is 1.15. The van der Waals surface area contributed by atoms with Crippen molar-refractivity contribution in [1.82, 2.24) is 14.9 Å². The number of hydrogen-bond donors (Lipinski definition) is 2. The number of nitrogens with zero attached hydrogens (tertiary/aromatic N) is 3. The molecular weight excluding hydrogens is 506 g/mol. The summed E-state index contributed by atoms with van der Waals surface area (Å²) in [5.74, 6) is -1.88. The summed E-state index contributed by atoms with van der Waals surface area (Å²) in [4.78, 5) is 48.9. The van der Waals surface area contributed by atoms with Gasteiger partial charge in [0.05, 0.1) is 16.7 Å². The Labute approximate surface area is 220 Å². The Morgan fingerprint density at radius 1 is 0.895 bits per heavy atom. The summed E-state index contributed by atoms with van der Waals surface area (Å²) in [7, 11) is -3.94. The highest BCUT2D eigenvalue weighted by atomic mass is 32.2. The lowest BCUT2D eigenvalue weighted by atomic mass is 9.81. The van der Waals surface area contributed by atoms with E-state index in [0.717, 1.165) is 23.3 Å². The van der Waals surface area contributed by atoms with Crippen molar-refractivity contribution in [2.24, 2.45) is 11.8 Å². The minimum absolute atomic E-state index is 0.0437. The SMILES string of the molecule is O=C(Nc1ccc(S(=O)(=O)Nc2ncccn2)cc1)[C@H](Cc1ccccc1)N1C(=O)[C@H]2CCCC[C@H]2C1=O. The van der Waals surface area contributed by atoms with Gasteiger partial charge < -0.3 is 5.32 Å². The maximum Gasteiger partial charge on any atom is 0.264 e. The van der Waals surface area contributed by atoms with Crippen LogP contribution in [-0.4, -0.2) is 47.0 Å². The van der Waals surface area contributed by atoms with Gasteiger partial charge in [-0.05, 0) is 48.7 Å².